The Bertz CT molecular complexity index is 7000. The van der Waals surface area contributed by atoms with Crippen LogP contribution in [0.1, 0.15) is 87.2 Å². The third kappa shape index (κ3) is 17.1. The average molecular weight is 1580 g/mol. The van der Waals surface area contributed by atoms with Crippen LogP contribution in [0.15, 0.2) is 455 Å². The Morgan fingerprint density at radius 2 is 0.366 bits per heavy atom. The Labute approximate surface area is 723 Å². The highest BCUT2D eigenvalue weighted by Gasteiger charge is 2.23. The van der Waals surface area contributed by atoms with Crippen LogP contribution in [0.2, 0.25) is 0 Å². The molecule has 2 aliphatic rings. The van der Waals surface area contributed by atoms with Crippen molar-refractivity contribution in [1.82, 2.24) is 0 Å². The maximum Gasteiger partial charge on any atom is 0.0546 e. The standard InChI is InChI=1S/2C44H37N.C32H23N/c1-3-9-32(10-4-1)34-21-25-43(26-22-34)45(42-13-5-2-6-14-42)44-27-23-35(24-28-44)38-18-16-36-17-20-40(31-41(36)30-38)39-19-15-33-11-7-8-12-37(33)29-39;1-3-9-32(10-4-1)34-21-25-43(26-22-34)45(42-13-5-2-6-14-42)44-27-23-35(24-28-44)37-17-18-40-31-41(20-19-39(40)30-37)38-16-15-33-11-7-8-12-36(33)29-38;1-3-15-29(16-4-1)33(30-17-5-2-6-18-30)32-23-27-14-10-9-13-26(27)22-31(32)28-20-19-24-11-7-8-12-25(24)21-28/h2*2,5-8,11-32H,1,3-4,9-10H2;1-23H. The monoisotopic (exact) mass is 1580 g/mol. The van der Waals surface area contributed by atoms with E-state index in [-0.39, 0.29) is 0 Å². The Morgan fingerprint density at radius 3 is 0.707 bits per heavy atom. The highest BCUT2D eigenvalue weighted by molar-refractivity contribution is 6.01. The molecule has 0 aliphatic heterocycles. The van der Waals surface area contributed by atoms with E-state index >= 15 is 0 Å². The molecule has 2 fully saturated rings. The second kappa shape index (κ2) is 35.7. The Morgan fingerprint density at radius 1 is 0.146 bits per heavy atom. The number of hydrogen-bond donors (Lipinski definition) is 0. The summed E-state index contributed by atoms with van der Waals surface area (Å²) >= 11 is 0. The van der Waals surface area contributed by atoms with Gasteiger partial charge in [-0.3, -0.25) is 0 Å². The Balaban J connectivity index is 0.000000119. The lowest BCUT2D eigenvalue weighted by Crippen LogP contribution is -2.11. The minimum Gasteiger partial charge on any atom is -0.311 e. The van der Waals surface area contributed by atoms with Crippen LogP contribution in [0, 0.1) is 0 Å². The largest absolute Gasteiger partial charge is 0.311 e. The molecule has 592 valence electrons. The lowest BCUT2D eigenvalue weighted by atomic mass is 9.84. The summed E-state index contributed by atoms with van der Waals surface area (Å²) in [5, 5.41) is 15.1. The number of para-hydroxylation sites is 4. The SMILES string of the molecule is c1ccc(N(c2ccc(-c3ccc4cc(-c5ccc6ccccc6c5)ccc4c3)cc2)c2ccc(C3CCCCC3)cc2)cc1.c1ccc(N(c2ccc(-c3ccc4ccc(-c5ccc6ccccc6c5)cc4c3)cc2)c2ccc(C3CCCCC3)cc2)cc1.c1ccc(N(c2ccccc2)c2cc3ccccc3cc2-c2ccc3ccccc3c2)cc1. The molecule has 0 N–H and O–H groups in total. The fraction of sp³-hybridized carbons (Fsp3) is 0.100. The quantitative estimate of drug-likeness (QED) is 0.0955. The summed E-state index contributed by atoms with van der Waals surface area (Å²) in [6, 6.07) is 166. The fourth-order valence-corrected chi connectivity index (χ4v) is 18.8. The zero-order valence-corrected chi connectivity index (χ0v) is 69.4. The summed E-state index contributed by atoms with van der Waals surface area (Å²) in [5.41, 5.74) is 25.8. The van der Waals surface area contributed by atoms with Gasteiger partial charge in [0.05, 0.1) is 5.69 Å². The first-order chi connectivity index (χ1) is 60.9. The smallest absolute Gasteiger partial charge is 0.0546 e. The van der Waals surface area contributed by atoms with Crippen LogP contribution in [-0.4, -0.2) is 0 Å². The lowest BCUT2D eigenvalue weighted by Gasteiger charge is -2.28. The Hall–Kier alpha value is -14.6. The van der Waals surface area contributed by atoms with E-state index in [1.54, 1.807) is 0 Å². The number of benzene rings is 20. The van der Waals surface area contributed by atoms with Crippen molar-refractivity contribution in [2.75, 3.05) is 14.7 Å². The van der Waals surface area contributed by atoms with Crippen LogP contribution < -0.4 is 14.7 Å². The highest BCUT2D eigenvalue weighted by Crippen LogP contribution is 2.46. The molecule has 3 nitrogen and oxygen atoms in total. The molecule has 3 heteroatoms. The molecular weight excluding hydrogens is 1480 g/mol. The molecule has 20 aromatic carbocycles. The van der Waals surface area contributed by atoms with E-state index in [1.165, 1.54) is 224 Å². The molecular formula is C120H97N3. The summed E-state index contributed by atoms with van der Waals surface area (Å²) in [5.74, 6) is 1.42. The molecule has 20 aromatic rings. The minimum atomic E-state index is 0.711. The van der Waals surface area contributed by atoms with Gasteiger partial charge in [0.25, 0.3) is 0 Å². The van der Waals surface area contributed by atoms with Gasteiger partial charge in [0, 0.05) is 51.1 Å². The maximum atomic E-state index is 2.37. The van der Waals surface area contributed by atoms with Gasteiger partial charge in [-0.15, -0.1) is 0 Å². The van der Waals surface area contributed by atoms with Gasteiger partial charge in [0.15, 0.2) is 0 Å². The summed E-state index contributed by atoms with van der Waals surface area (Å²) in [7, 11) is 0. The van der Waals surface area contributed by atoms with Crippen molar-refractivity contribution in [3.8, 4) is 55.6 Å². The molecule has 0 saturated heterocycles. The van der Waals surface area contributed by atoms with E-state index in [2.05, 4.69) is 470 Å². The lowest BCUT2D eigenvalue weighted by molar-refractivity contribution is 0.443. The molecule has 123 heavy (non-hydrogen) atoms. The van der Waals surface area contributed by atoms with Gasteiger partial charge >= 0.3 is 0 Å². The maximum absolute atomic E-state index is 2.37. The number of rotatable bonds is 16. The van der Waals surface area contributed by atoms with Crippen LogP contribution in [0.5, 0.6) is 0 Å². The van der Waals surface area contributed by atoms with Crippen molar-refractivity contribution in [2.24, 2.45) is 0 Å². The first-order valence-corrected chi connectivity index (χ1v) is 44.0. The van der Waals surface area contributed by atoms with Crippen molar-refractivity contribution in [2.45, 2.75) is 76.0 Å². The van der Waals surface area contributed by atoms with E-state index in [1.807, 2.05) is 0 Å². The topological polar surface area (TPSA) is 9.72 Å². The van der Waals surface area contributed by atoms with Gasteiger partial charge in [-0.1, -0.05) is 342 Å². The predicted molar refractivity (Wildman–Crippen MR) is 527 cm³/mol. The summed E-state index contributed by atoms with van der Waals surface area (Å²) < 4.78 is 0. The van der Waals surface area contributed by atoms with E-state index in [4.69, 9.17) is 0 Å². The molecule has 2 saturated carbocycles. The average Bonchev–Trinajstić information content (AvgIpc) is 0.768. The summed E-state index contributed by atoms with van der Waals surface area (Å²) in [6.07, 6.45) is 13.5. The fourth-order valence-electron chi connectivity index (χ4n) is 18.8. The van der Waals surface area contributed by atoms with E-state index in [9.17, 15) is 0 Å². The zero-order chi connectivity index (χ0) is 82.0. The van der Waals surface area contributed by atoms with Crippen LogP contribution in [0.3, 0.4) is 0 Å². The molecule has 0 radical (unpaired) electrons. The van der Waals surface area contributed by atoms with Crippen molar-refractivity contribution in [3.05, 3.63) is 466 Å². The van der Waals surface area contributed by atoms with Crippen LogP contribution >= 0.6 is 0 Å². The highest BCUT2D eigenvalue weighted by atomic mass is 15.2. The second-order valence-electron chi connectivity index (χ2n) is 33.3. The molecule has 0 aromatic heterocycles. The predicted octanol–water partition coefficient (Wildman–Crippen LogP) is 34.8. The van der Waals surface area contributed by atoms with Crippen molar-refractivity contribution in [3.63, 3.8) is 0 Å². The third-order valence-corrected chi connectivity index (χ3v) is 25.4. The van der Waals surface area contributed by atoms with Crippen LogP contribution in [0.4, 0.5) is 51.2 Å². The Kier molecular flexibility index (Phi) is 22.4. The summed E-state index contributed by atoms with van der Waals surface area (Å²) in [6.45, 7) is 0. The number of anilines is 9. The normalized spacial score (nSPS) is 13.0. The van der Waals surface area contributed by atoms with Gasteiger partial charge < -0.3 is 14.7 Å². The van der Waals surface area contributed by atoms with Gasteiger partial charge in [-0.05, 0) is 315 Å². The molecule has 22 rings (SSSR count). The minimum absolute atomic E-state index is 0.711. The van der Waals surface area contributed by atoms with Crippen molar-refractivity contribution in [1.29, 1.82) is 0 Å². The molecule has 2 aliphatic carbocycles. The number of nitrogens with zero attached hydrogens (tertiary/aromatic N) is 3. The first kappa shape index (κ1) is 77.0. The van der Waals surface area contributed by atoms with Gasteiger partial charge in [0.1, 0.15) is 0 Å². The number of fused-ring (bicyclic) bond motifs is 6. The van der Waals surface area contributed by atoms with E-state index < -0.39 is 0 Å². The van der Waals surface area contributed by atoms with Crippen LogP contribution in [0.25, 0.3) is 120 Å². The van der Waals surface area contributed by atoms with Gasteiger partial charge in [-0.2, -0.15) is 0 Å². The van der Waals surface area contributed by atoms with E-state index in [0.717, 1.165) is 22.7 Å². The molecule has 0 atom stereocenters. The summed E-state index contributed by atoms with van der Waals surface area (Å²) in [4.78, 5) is 7.09. The van der Waals surface area contributed by atoms with Crippen molar-refractivity contribution < 1.29 is 0 Å². The van der Waals surface area contributed by atoms with Gasteiger partial charge in [-0.25, -0.2) is 0 Å². The molecule has 0 unspecified atom stereocenters. The number of hydrogen-bond acceptors (Lipinski definition) is 3. The molecule has 0 bridgehead atoms. The molecule has 0 heterocycles. The molecule has 0 amide bonds. The van der Waals surface area contributed by atoms with Crippen LogP contribution in [-0.2, 0) is 0 Å². The van der Waals surface area contributed by atoms with Gasteiger partial charge in [0.2, 0.25) is 0 Å². The van der Waals surface area contributed by atoms with Crippen molar-refractivity contribution >= 4 is 116 Å². The second-order valence-corrected chi connectivity index (χ2v) is 33.3. The third-order valence-electron chi connectivity index (χ3n) is 25.4. The molecule has 0 spiro atoms. The van der Waals surface area contributed by atoms with E-state index in [0.29, 0.717) is 11.8 Å². The zero-order valence-electron chi connectivity index (χ0n) is 69.4. The first-order valence-electron chi connectivity index (χ1n) is 44.0.